The second-order valence-electron chi connectivity index (χ2n) is 31.8. The number of aliphatic hydroxyl groups excluding tert-OH is 2. The van der Waals surface area contributed by atoms with Crippen LogP contribution in [0.25, 0.3) is 0 Å². The van der Waals surface area contributed by atoms with E-state index >= 15 is 0 Å². The van der Waals surface area contributed by atoms with Gasteiger partial charge in [0.25, 0.3) is 11.8 Å². The zero-order valence-electron chi connectivity index (χ0n) is 59.8. The number of carbonyl (C=O) groups is 10. The number of likely N-dealkylation sites (tertiary alicyclic amines) is 2. The number of amides is 7. The van der Waals surface area contributed by atoms with Gasteiger partial charge in [-0.05, 0) is 136 Å². The van der Waals surface area contributed by atoms with Crippen LogP contribution < -0.4 is 32.3 Å². The van der Waals surface area contributed by atoms with Crippen LogP contribution in [0.3, 0.4) is 0 Å². The molecular weight excluding hydrogens is 1260 g/mol. The van der Waals surface area contributed by atoms with Gasteiger partial charge in [0.2, 0.25) is 29.5 Å². The molecule has 7 amide bonds. The van der Waals surface area contributed by atoms with Crippen LogP contribution in [-0.2, 0) is 38.4 Å². The quantitative estimate of drug-likeness (QED) is 0.0427. The van der Waals surface area contributed by atoms with Crippen LogP contribution in [0.4, 0.5) is 0 Å². The molecule has 548 valence electrons. The van der Waals surface area contributed by atoms with Crippen molar-refractivity contribution in [1.82, 2.24) is 56.3 Å². The molecule has 2 aliphatic heterocycles. The Labute approximate surface area is 584 Å². The number of nitrogens with zero attached hydrogens (tertiary/aromatic N) is 6. The molecule has 8 aliphatic rings. The van der Waals surface area contributed by atoms with Crippen LogP contribution in [0.2, 0.25) is 0 Å². The SMILES string of the molecule is CC(C)(C)[C@H](NC(=O)[C@@H](CC(=O)c1cnccn1)C1CCCCC1)C(=O)N1CC2CCC[C@@H]2[C@H]1C(=O)O.CCC[C@H](N)[C@@H](O)C(=O)NC1CC1.CCC[C@H](NC(=O)[C@@H]1[C@H]2CCCC2CN1C(=O)[C@@H](NC(=O)[C@@H](CC(=O)c1cnccn1)C1CCCCC1)C(C)(C)C)[C@@H](O)C(=O)NC1CC1. The molecule has 10 N–H and O–H groups in total. The van der Waals surface area contributed by atoms with Gasteiger partial charge in [-0.1, -0.05) is 120 Å². The number of nitrogens with one attached hydrogen (secondary N) is 5. The van der Waals surface area contributed by atoms with E-state index in [-0.39, 0.29) is 119 Å². The lowest BCUT2D eigenvalue weighted by molar-refractivity contribution is -0.152. The van der Waals surface area contributed by atoms with Crippen LogP contribution in [-0.4, -0.2) is 178 Å². The van der Waals surface area contributed by atoms with Gasteiger partial charge in [-0.15, -0.1) is 0 Å². The number of hydrogen-bond acceptors (Lipinski definition) is 17. The van der Waals surface area contributed by atoms with Gasteiger partial charge in [-0.2, -0.15) is 0 Å². The molecule has 0 bridgehead atoms. The van der Waals surface area contributed by atoms with Crippen molar-refractivity contribution >= 4 is 58.9 Å². The maximum absolute atomic E-state index is 14.6. The standard InChI is InChI=1S/C37H56N6O6.C28H40N4O5.C9H18N2O2/c1-5-10-27(31(45)35(48)40-24-15-16-24)41-34(47)30-25-14-9-13-23(25)21-43(30)36(49)32(37(2,3)4)42-33(46)26(22-11-7-6-8-12-22)19-29(44)28-20-38-17-18-39-28;1-28(2,3)24(26(35)32-16-18-10-7-11-19(18)23(32)27(36)37)31-25(34)20(17-8-5-4-6-9-17)14-22(33)21-15-29-12-13-30-21;1-2-3-7(10)8(12)9(13)11-6-4-5-6/h17-18,20,22-27,30-32,45H,5-16,19,21H2,1-4H3,(H,40,48)(H,41,47)(H,42,46);12-13,15,17-20,23-24H,4-11,14,16H2,1-3H3,(H,31,34)(H,36,37);6-8,12H,2-5,10H2,1H3,(H,11,13)/t23?,25-,26-,27-,30-,31+,32+;18?,19-,20-,23-,24+;7-,8+/m000/s1. The first kappa shape index (κ1) is 77.9. The number of ketones is 2. The third-order valence-corrected chi connectivity index (χ3v) is 22.0. The molecule has 2 unspecified atom stereocenters. The van der Waals surface area contributed by atoms with E-state index in [1.807, 2.05) is 55.4 Å². The molecule has 14 atom stereocenters. The number of carboxylic acids is 1. The molecule has 0 aromatic carbocycles. The van der Waals surface area contributed by atoms with Gasteiger partial charge in [-0.25, -0.2) is 14.8 Å². The highest BCUT2D eigenvalue weighted by molar-refractivity contribution is 6.00. The zero-order valence-corrected chi connectivity index (χ0v) is 59.8. The fourth-order valence-corrected chi connectivity index (χ4v) is 16.1. The number of carbonyl (C=O) groups excluding carboxylic acids is 9. The molecule has 2 aromatic heterocycles. The summed E-state index contributed by atoms with van der Waals surface area (Å²) < 4.78 is 0. The maximum Gasteiger partial charge on any atom is 0.326 e. The first-order valence-corrected chi connectivity index (χ1v) is 37.2. The summed E-state index contributed by atoms with van der Waals surface area (Å²) in [4.78, 5) is 153. The average Bonchev–Trinajstić information content (AvgIpc) is 1.64. The number of nitrogens with two attached hydrogens (primary N) is 1. The Bertz CT molecular complexity index is 3070. The Balaban J connectivity index is 0.000000219. The minimum Gasteiger partial charge on any atom is -0.480 e. The first-order chi connectivity index (χ1) is 47.1. The number of rotatable bonds is 27. The van der Waals surface area contributed by atoms with Gasteiger partial charge >= 0.3 is 5.97 Å². The van der Waals surface area contributed by atoms with Crippen LogP contribution in [0.1, 0.15) is 243 Å². The fourth-order valence-electron chi connectivity index (χ4n) is 16.1. The van der Waals surface area contributed by atoms with Crippen LogP contribution >= 0.6 is 0 Å². The molecule has 99 heavy (non-hydrogen) atoms. The molecule has 0 radical (unpaired) electrons. The number of carboxylic acid groups (broad SMARTS) is 1. The van der Waals surface area contributed by atoms with Gasteiger partial charge in [0.15, 0.2) is 17.7 Å². The predicted molar refractivity (Wildman–Crippen MR) is 369 cm³/mol. The van der Waals surface area contributed by atoms with Gasteiger partial charge in [0.05, 0.1) is 18.4 Å². The van der Waals surface area contributed by atoms with Crippen LogP contribution in [0, 0.1) is 58.2 Å². The highest BCUT2D eigenvalue weighted by atomic mass is 16.4. The number of hydrogen-bond donors (Lipinski definition) is 9. The zero-order chi connectivity index (χ0) is 71.9. The average molecular weight is 1380 g/mol. The van der Waals surface area contributed by atoms with Gasteiger partial charge in [-0.3, -0.25) is 53.1 Å². The van der Waals surface area contributed by atoms with Gasteiger partial charge < -0.3 is 57.4 Å². The van der Waals surface area contributed by atoms with Crippen molar-refractivity contribution in [1.29, 1.82) is 0 Å². The highest BCUT2D eigenvalue weighted by Gasteiger charge is 2.54. The first-order valence-electron chi connectivity index (χ1n) is 37.2. The van der Waals surface area contributed by atoms with E-state index in [9.17, 15) is 63.3 Å². The molecule has 6 saturated carbocycles. The van der Waals surface area contributed by atoms with Crippen LogP contribution in [0.5, 0.6) is 0 Å². The van der Waals surface area contributed by atoms with Crippen molar-refractivity contribution in [2.75, 3.05) is 13.1 Å². The van der Waals surface area contributed by atoms with Crippen molar-refractivity contribution in [3.8, 4) is 0 Å². The van der Waals surface area contributed by atoms with E-state index in [0.717, 1.165) is 135 Å². The summed E-state index contributed by atoms with van der Waals surface area (Å²) in [6, 6.07) is -4.29. The van der Waals surface area contributed by atoms with E-state index < -0.39 is 83.0 Å². The Morgan fingerprint density at radius 3 is 1.31 bits per heavy atom. The molecule has 2 aromatic rings. The smallest absolute Gasteiger partial charge is 0.326 e. The summed E-state index contributed by atoms with van der Waals surface area (Å²) in [7, 11) is 0. The Kier molecular flexibility index (Phi) is 28.0. The third-order valence-electron chi connectivity index (χ3n) is 22.0. The molecule has 4 heterocycles. The maximum atomic E-state index is 14.6. The van der Waals surface area contributed by atoms with Crippen molar-refractivity contribution in [3.63, 3.8) is 0 Å². The number of aromatic nitrogens is 4. The van der Waals surface area contributed by atoms with E-state index in [0.29, 0.717) is 32.4 Å². The summed E-state index contributed by atoms with van der Waals surface area (Å²) in [5.41, 5.74) is 4.72. The summed E-state index contributed by atoms with van der Waals surface area (Å²) in [5, 5.41) is 45.0. The molecule has 25 heteroatoms. The summed E-state index contributed by atoms with van der Waals surface area (Å²) in [6.07, 6.45) is 27.7. The molecule has 8 fully saturated rings. The van der Waals surface area contributed by atoms with Crippen molar-refractivity contribution in [2.24, 2.45) is 63.9 Å². The highest BCUT2D eigenvalue weighted by Crippen LogP contribution is 2.45. The summed E-state index contributed by atoms with van der Waals surface area (Å²) in [6.45, 7) is 16.1. The number of aliphatic hydroxyl groups is 2. The fraction of sp³-hybridized carbons (Fsp3) is 0.757. The molecule has 10 rings (SSSR count). The Morgan fingerprint density at radius 1 is 0.515 bits per heavy atom. The predicted octanol–water partition coefficient (Wildman–Crippen LogP) is 6.57. The van der Waals surface area contributed by atoms with Crippen LogP contribution in [0.15, 0.2) is 37.2 Å². The summed E-state index contributed by atoms with van der Waals surface area (Å²) in [5.74, 6) is -4.82. The molecule has 2 saturated heterocycles. The molecule has 6 aliphatic carbocycles. The normalized spacial score (nSPS) is 24.8. The molecule has 25 nitrogen and oxygen atoms in total. The lowest BCUT2D eigenvalue weighted by Gasteiger charge is -2.38. The van der Waals surface area contributed by atoms with E-state index in [4.69, 9.17) is 5.73 Å². The Morgan fingerprint density at radius 2 is 0.929 bits per heavy atom. The van der Waals surface area contributed by atoms with Crippen molar-refractivity contribution in [3.05, 3.63) is 48.6 Å². The topological polar surface area (TPSA) is 376 Å². The number of fused-ring (bicyclic) bond motifs is 2. The minimum atomic E-state index is -1.39. The van der Waals surface area contributed by atoms with E-state index in [2.05, 4.69) is 46.5 Å². The second kappa shape index (κ2) is 35.6. The van der Waals surface area contributed by atoms with Gasteiger partial charge in [0.1, 0.15) is 41.7 Å². The minimum absolute atomic E-state index is 0.00581. The van der Waals surface area contributed by atoms with E-state index in [1.165, 1.54) is 42.1 Å². The number of Topliss-reactive ketones (excluding diaryl/α,β-unsaturated/α-hetero) is 2. The van der Waals surface area contributed by atoms with E-state index in [1.54, 1.807) is 4.90 Å². The largest absolute Gasteiger partial charge is 0.480 e. The second-order valence-corrected chi connectivity index (χ2v) is 31.8. The lowest BCUT2D eigenvalue weighted by Crippen LogP contribution is -2.61. The molecular formula is C74H114N12O13. The third kappa shape index (κ3) is 21.1. The molecule has 0 spiro atoms. The summed E-state index contributed by atoms with van der Waals surface area (Å²) >= 11 is 0. The number of aliphatic carboxylic acids is 1. The lowest BCUT2D eigenvalue weighted by atomic mass is 9.76. The van der Waals surface area contributed by atoms with Crippen molar-refractivity contribution < 1.29 is 63.3 Å². The van der Waals surface area contributed by atoms with Gasteiger partial charge in [0, 0.05) is 80.7 Å². The van der Waals surface area contributed by atoms with Crippen molar-refractivity contribution in [2.45, 2.75) is 283 Å². The monoisotopic (exact) mass is 1380 g/mol. The Hall–Kier alpha value is -6.86.